The first-order valence-electron chi connectivity index (χ1n) is 11.1. The van der Waals surface area contributed by atoms with Gasteiger partial charge in [0, 0.05) is 50.6 Å². The summed E-state index contributed by atoms with van der Waals surface area (Å²) in [5.74, 6) is 2.03. The Morgan fingerprint density at radius 3 is 2.48 bits per heavy atom. The van der Waals surface area contributed by atoms with E-state index in [-0.39, 0.29) is 11.9 Å². The molecule has 0 aliphatic carbocycles. The van der Waals surface area contributed by atoms with Gasteiger partial charge in [0.15, 0.2) is 0 Å². The predicted molar refractivity (Wildman–Crippen MR) is 131 cm³/mol. The number of rotatable bonds is 7. The van der Waals surface area contributed by atoms with Crippen LogP contribution in [0.2, 0.25) is 5.02 Å². The average molecular weight is 471 g/mol. The van der Waals surface area contributed by atoms with Gasteiger partial charge in [0.25, 0.3) is 0 Å². The average Bonchev–Trinajstić information content (AvgIpc) is 2.80. The topological polar surface area (TPSA) is 73.3 Å². The maximum atomic E-state index is 13.7. The molecule has 10 heteroatoms. The second-order valence-corrected chi connectivity index (χ2v) is 8.46. The van der Waals surface area contributed by atoms with Gasteiger partial charge in [-0.15, -0.1) is 0 Å². The molecule has 3 heterocycles. The highest BCUT2D eigenvalue weighted by atomic mass is 35.5. The molecule has 0 radical (unpaired) electrons. The van der Waals surface area contributed by atoms with Crippen molar-refractivity contribution in [2.24, 2.45) is 0 Å². The monoisotopic (exact) mass is 470 g/mol. The van der Waals surface area contributed by atoms with Crippen LogP contribution >= 0.6 is 11.6 Å². The van der Waals surface area contributed by atoms with Gasteiger partial charge in [-0.2, -0.15) is 15.0 Å². The first-order valence-corrected chi connectivity index (χ1v) is 11.5. The summed E-state index contributed by atoms with van der Waals surface area (Å²) >= 11 is 6.33. The standard InChI is InChI=1S/C23H28ClFN8/c1-4-33(16(2)3)23-29-21(27-18-8-5-7-17(25)15-18)28-22(30-23)32-13-11-31(12-14-32)20-19(24)9-6-10-26-20/h5-10,15-16H,4,11-14H2,1-3H3,(H,27,28,29,30). The Balaban J connectivity index is 1.59. The molecule has 0 atom stereocenters. The largest absolute Gasteiger partial charge is 0.352 e. The Labute approximate surface area is 198 Å². The van der Waals surface area contributed by atoms with Crippen LogP contribution < -0.4 is 20.0 Å². The normalized spacial score (nSPS) is 14.0. The molecule has 4 rings (SSSR count). The third-order valence-electron chi connectivity index (χ3n) is 5.51. The van der Waals surface area contributed by atoms with E-state index in [0.717, 1.165) is 25.5 Å². The molecule has 3 aromatic rings. The van der Waals surface area contributed by atoms with Gasteiger partial charge in [-0.05, 0) is 51.1 Å². The minimum absolute atomic E-state index is 0.218. The molecule has 1 aromatic carbocycles. The lowest BCUT2D eigenvalue weighted by Gasteiger charge is -2.36. The molecule has 1 aliphatic heterocycles. The number of anilines is 5. The molecule has 0 spiro atoms. The third kappa shape index (κ3) is 5.42. The number of nitrogens with one attached hydrogen (secondary N) is 1. The SMILES string of the molecule is CCN(c1nc(Nc2cccc(F)c2)nc(N2CCN(c3ncccc3Cl)CC2)n1)C(C)C. The maximum absolute atomic E-state index is 13.7. The maximum Gasteiger partial charge on any atom is 0.233 e. The first-order chi connectivity index (χ1) is 15.9. The Hall–Kier alpha value is -3.20. The number of aromatic nitrogens is 4. The molecule has 0 amide bonds. The van der Waals surface area contributed by atoms with E-state index in [1.807, 2.05) is 12.1 Å². The van der Waals surface area contributed by atoms with Crippen molar-refractivity contribution < 1.29 is 4.39 Å². The van der Waals surface area contributed by atoms with E-state index in [9.17, 15) is 4.39 Å². The summed E-state index contributed by atoms with van der Waals surface area (Å²) in [4.78, 5) is 24.9. The molecule has 2 aromatic heterocycles. The fraction of sp³-hybridized carbons (Fsp3) is 0.391. The van der Waals surface area contributed by atoms with Gasteiger partial charge in [-0.3, -0.25) is 0 Å². The first kappa shape index (κ1) is 23.0. The number of hydrogen-bond donors (Lipinski definition) is 1. The molecule has 1 aliphatic rings. The van der Waals surface area contributed by atoms with Crippen LogP contribution in [0.3, 0.4) is 0 Å². The summed E-state index contributed by atoms with van der Waals surface area (Å²) in [6, 6.07) is 10.1. The third-order valence-corrected chi connectivity index (χ3v) is 5.81. The lowest BCUT2D eigenvalue weighted by molar-refractivity contribution is 0.627. The van der Waals surface area contributed by atoms with Gasteiger partial charge in [0.05, 0.1) is 5.02 Å². The van der Waals surface area contributed by atoms with Crippen LogP contribution in [0.4, 0.5) is 33.7 Å². The molecule has 1 saturated heterocycles. The number of hydrogen-bond acceptors (Lipinski definition) is 8. The molecular weight excluding hydrogens is 443 g/mol. The van der Waals surface area contributed by atoms with Crippen molar-refractivity contribution in [3.05, 3.63) is 53.4 Å². The Bertz CT molecular complexity index is 1090. The summed E-state index contributed by atoms with van der Waals surface area (Å²) in [7, 11) is 0. The fourth-order valence-electron chi connectivity index (χ4n) is 3.84. The Morgan fingerprint density at radius 1 is 1.06 bits per heavy atom. The van der Waals surface area contributed by atoms with Gasteiger partial charge in [-0.1, -0.05) is 17.7 Å². The lowest BCUT2D eigenvalue weighted by atomic mass is 10.3. The molecule has 1 N–H and O–H groups in total. The predicted octanol–water partition coefficient (Wildman–Crippen LogP) is 4.36. The van der Waals surface area contributed by atoms with Gasteiger partial charge < -0.3 is 20.0 Å². The second-order valence-electron chi connectivity index (χ2n) is 8.06. The highest BCUT2D eigenvalue weighted by Gasteiger charge is 2.24. The number of nitrogens with zero attached hydrogens (tertiary/aromatic N) is 7. The number of halogens is 2. The lowest BCUT2D eigenvalue weighted by Crippen LogP contribution is -2.47. The summed E-state index contributed by atoms with van der Waals surface area (Å²) in [6.45, 7) is 9.93. The molecule has 174 valence electrons. The molecule has 33 heavy (non-hydrogen) atoms. The van der Waals surface area contributed by atoms with Crippen LogP contribution in [0.5, 0.6) is 0 Å². The van der Waals surface area contributed by atoms with Crippen LogP contribution in [0.1, 0.15) is 20.8 Å². The summed E-state index contributed by atoms with van der Waals surface area (Å²) in [5.41, 5.74) is 0.584. The van der Waals surface area contributed by atoms with Crippen LogP contribution in [0.25, 0.3) is 0 Å². The van der Waals surface area contributed by atoms with Crippen molar-refractivity contribution in [2.75, 3.05) is 52.7 Å². The molecular formula is C23H28ClFN8. The summed E-state index contributed by atoms with van der Waals surface area (Å²) < 4.78 is 13.7. The van der Waals surface area contributed by atoms with Gasteiger partial charge in [-0.25, -0.2) is 9.37 Å². The van der Waals surface area contributed by atoms with Crippen molar-refractivity contribution in [1.82, 2.24) is 19.9 Å². The van der Waals surface area contributed by atoms with Crippen molar-refractivity contribution in [1.29, 1.82) is 0 Å². The van der Waals surface area contributed by atoms with Crippen molar-refractivity contribution in [3.63, 3.8) is 0 Å². The molecule has 8 nitrogen and oxygen atoms in total. The van der Waals surface area contributed by atoms with Crippen LogP contribution in [0.15, 0.2) is 42.6 Å². The molecule has 0 bridgehead atoms. The van der Waals surface area contributed by atoms with E-state index in [2.05, 4.69) is 55.7 Å². The fourth-order valence-corrected chi connectivity index (χ4v) is 4.08. The highest BCUT2D eigenvalue weighted by molar-refractivity contribution is 6.32. The van der Waals surface area contributed by atoms with E-state index in [1.54, 1.807) is 18.3 Å². The van der Waals surface area contributed by atoms with Gasteiger partial charge >= 0.3 is 0 Å². The van der Waals surface area contributed by atoms with Crippen LogP contribution in [-0.2, 0) is 0 Å². The van der Waals surface area contributed by atoms with E-state index in [4.69, 9.17) is 16.6 Å². The van der Waals surface area contributed by atoms with E-state index in [1.165, 1.54) is 12.1 Å². The molecule has 0 saturated carbocycles. The van der Waals surface area contributed by atoms with E-state index < -0.39 is 0 Å². The smallest absolute Gasteiger partial charge is 0.233 e. The van der Waals surface area contributed by atoms with Crippen LogP contribution in [0, 0.1) is 5.82 Å². The van der Waals surface area contributed by atoms with Crippen LogP contribution in [-0.4, -0.2) is 58.7 Å². The minimum atomic E-state index is -0.323. The number of pyridine rings is 1. The summed E-state index contributed by atoms with van der Waals surface area (Å²) in [5, 5.41) is 3.78. The highest BCUT2D eigenvalue weighted by Crippen LogP contribution is 2.26. The number of piperazine rings is 1. The summed E-state index contributed by atoms with van der Waals surface area (Å²) in [6.07, 6.45) is 1.75. The van der Waals surface area contributed by atoms with Crippen molar-refractivity contribution in [3.8, 4) is 0 Å². The zero-order chi connectivity index (χ0) is 23.4. The minimum Gasteiger partial charge on any atom is -0.352 e. The zero-order valence-corrected chi connectivity index (χ0v) is 19.8. The Morgan fingerprint density at radius 2 is 1.82 bits per heavy atom. The van der Waals surface area contributed by atoms with Gasteiger partial charge in [0.2, 0.25) is 17.8 Å². The Kier molecular flexibility index (Phi) is 7.08. The van der Waals surface area contributed by atoms with Gasteiger partial charge in [0.1, 0.15) is 11.6 Å². The zero-order valence-electron chi connectivity index (χ0n) is 19.0. The van der Waals surface area contributed by atoms with E-state index >= 15 is 0 Å². The molecule has 1 fully saturated rings. The van der Waals surface area contributed by atoms with Crippen molar-refractivity contribution in [2.45, 2.75) is 26.8 Å². The van der Waals surface area contributed by atoms with Crippen molar-refractivity contribution >= 4 is 41.0 Å². The van der Waals surface area contributed by atoms with E-state index in [0.29, 0.717) is 41.6 Å². The quantitative estimate of drug-likeness (QED) is 0.546. The molecule has 0 unspecified atom stereocenters. The number of benzene rings is 1. The second kappa shape index (κ2) is 10.2.